The van der Waals surface area contributed by atoms with Gasteiger partial charge in [0.1, 0.15) is 0 Å². The molecule has 20 heavy (non-hydrogen) atoms. The molecule has 2 rings (SSSR count). The first kappa shape index (κ1) is 14.4. The van der Waals surface area contributed by atoms with Gasteiger partial charge in [-0.1, -0.05) is 6.07 Å². The topological polar surface area (TPSA) is 68.4 Å². The number of halogens is 1. The summed E-state index contributed by atoms with van der Waals surface area (Å²) in [6, 6.07) is 7.99. The number of hydrogen-bond acceptors (Lipinski definition) is 4. The summed E-state index contributed by atoms with van der Waals surface area (Å²) in [5.74, 6) is -0.672. The summed E-state index contributed by atoms with van der Waals surface area (Å²) in [5, 5.41) is 10.4. The monoisotopic (exact) mass is 276 g/mol. The molecule has 3 N–H and O–H groups in total. The van der Waals surface area contributed by atoms with Gasteiger partial charge >= 0.3 is 0 Å². The lowest BCUT2D eigenvalue weighted by atomic mass is 9.90. The number of rotatable bonds is 5. The van der Waals surface area contributed by atoms with Gasteiger partial charge in [0.15, 0.2) is 11.6 Å². The quantitative estimate of drug-likeness (QED) is 0.876. The highest BCUT2D eigenvalue weighted by atomic mass is 19.1. The van der Waals surface area contributed by atoms with E-state index < -0.39 is 11.9 Å². The summed E-state index contributed by atoms with van der Waals surface area (Å²) >= 11 is 0. The van der Waals surface area contributed by atoms with Crippen LogP contribution in [0.4, 0.5) is 4.39 Å². The molecule has 0 bridgehead atoms. The van der Waals surface area contributed by atoms with Crippen LogP contribution in [0.5, 0.6) is 5.75 Å². The van der Waals surface area contributed by atoms with Gasteiger partial charge < -0.3 is 15.6 Å². The molecule has 0 aliphatic carbocycles. The maximum atomic E-state index is 13.7. The second-order valence-electron chi connectivity index (χ2n) is 4.46. The van der Waals surface area contributed by atoms with Gasteiger partial charge in [0.05, 0.1) is 13.2 Å². The lowest BCUT2D eigenvalue weighted by molar-refractivity contribution is 0.147. The molecule has 1 heterocycles. The van der Waals surface area contributed by atoms with Gasteiger partial charge in [0, 0.05) is 24.9 Å². The molecular weight excluding hydrogens is 259 g/mol. The Morgan fingerprint density at radius 1 is 1.25 bits per heavy atom. The number of nitrogens with zero attached hydrogens (tertiary/aromatic N) is 1. The second-order valence-corrected chi connectivity index (χ2v) is 4.46. The van der Waals surface area contributed by atoms with E-state index in [1.807, 2.05) is 0 Å². The Hall–Kier alpha value is -1.98. The van der Waals surface area contributed by atoms with Gasteiger partial charge in [0.2, 0.25) is 0 Å². The van der Waals surface area contributed by atoms with E-state index in [1.54, 1.807) is 30.6 Å². The molecule has 2 aromatic rings. The van der Waals surface area contributed by atoms with Crippen molar-refractivity contribution < 1.29 is 14.2 Å². The molecule has 1 aromatic carbocycles. The van der Waals surface area contributed by atoms with E-state index in [0.29, 0.717) is 5.56 Å². The summed E-state index contributed by atoms with van der Waals surface area (Å²) in [7, 11) is 1.40. The fraction of sp³-hybridized carbons (Fsp3) is 0.267. The van der Waals surface area contributed by atoms with Gasteiger partial charge in [-0.25, -0.2) is 4.39 Å². The molecule has 0 fully saturated rings. The van der Waals surface area contributed by atoms with Crippen LogP contribution >= 0.6 is 0 Å². The van der Waals surface area contributed by atoms with Crippen molar-refractivity contribution in [1.82, 2.24) is 4.98 Å². The summed E-state index contributed by atoms with van der Waals surface area (Å²) in [4.78, 5) is 3.93. The maximum Gasteiger partial charge on any atom is 0.165 e. The first-order valence-electron chi connectivity index (χ1n) is 6.29. The van der Waals surface area contributed by atoms with Gasteiger partial charge in [-0.2, -0.15) is 0 Å². The Morgan fingerprint density at radius 3 is 2.50 bits per heavy atom. The van der Waals surface area contributed by atoms with Gasteiger partial charge in [-0.05, 0) is 35.4 Å². The highest BCUT2D eigenvalue weighted by Gasteiger charge is 2.22. The molecule has 0 aliphatic heterocycles. The molecule has 0 saturated carbocycles. The lowest BCUT2D eigenvalue weighted by Gasteiger charge is -2.22. The SMILES string of the molecule is COc1ccc(C(O)C(CN)c2ccncc2)cc1F. The Morgan fingerprint density at radius 2 is 1.95 bits per heavy atom. The van der Waals surface area contributed by atoms with E-state index in [9.17, 15) is 9.50 Å². The fourth-order valence-corrected chi connectivity index (χ4v) is 2.16. The largest absolute Gasteiger partial charge is 0.494 e. The highest BCUT2D eigenvalue weighted by molar-refractivity contribution is 5.32. The van der Waals surface area contributed by atoms with Crippen molar-refractivity contribution in [3.8, 4) is 5.75 Å². The Balaban J connectivity index is 2.29. The smallest absolute Gasteiger partial charge is 0.165 e. The van der Waals surface area contributed by atoms with Crippen LogP contribution in [0, 0.1) is 5.82 Å². The fourth-order valence-electron chi connectivity index (χ4n) is 2.16. The number of benzene rings is 1. The predicted octanol–water partition coefficient (Wildman–Crippen LogP) is 2.01. The van der Waals surface area contributed by atoms with Crippen LogP contribution in [0.2, 0.25) is 0 Å². The van der Waals surface area contributed by atoms with Crippen molar-refractivity contribution in [3.05, 3.63) is 59.7 Å². The molecule has 0 saturated heterocycles. The zero-order valence-electron chi connectivity index (χ0n) is 11.2. The number of aliphatic hydroxyl groups excluding tert-OH is 1. The molecule has 4 nitrogen and oxygen atoms in total. The number of ether oxygens (including phenoxy) is 1. The standard InChI is InChI=1S/C15H17FN2O2/c1-20-14-3-2-11(8-13(14)16)15(19)12(9-17)10-4-6-18-7-5-10/h2-8,12,15,19H,9,17H2,1H3. The number of pyridine rings is 1. The summed E-state index contributed by atoms with van der Waals surface area (Å²) < 4.78 is 18.6. The van der Waals surface area contributed by atoms with Gasteiger partial charge in [-0.3, -0.25) is 4.98 Å². The van der Waals surface area contributed by atoms with Crippen molar-refractivity contribution in [2.45, 2.75) is 12.0 Å². The average Bonchev–Trinajstić information content (AvgIpc) is 2.49. The number of hydrogen-bond donors (Lipinski definition) is 2. The molecule has 2 atom stereocenters. The van der Waals surface area contributed by atoms with Crippen LogP contribution in [0.3, 0.4) is 0 Å². The summed E-state index contributed by atoms with van der Waals surface area (Å²) in [6.45, 7) is 0.249. The van der Waals surface area contributed by atoms with Crippen LogP contribution in [0.25, 0.3) is 0 Å². The second kappa shape index (κ2) is 6.45. The van der Waals surface area contributed by atoms with Crippen LogP contribution in [0.15, 0.2) is 42.7 Å². The van der Waals surface area contributed by atoms with Crippen molar-refractivity contribution in [2.24, 2.45) is 5.73 Å². The minimum Gasteiger partial charge on any atom is -0.494 e. The Bertz CT molecular complexity index is 563. The van der Waals surface area contributed by atoms with Crippen molar-refractivity contribution in [3.63, 3.8) is 0 Å². The Kier molecular flexibility index (Phi) is 4.65. The molecule has 2 unspecified atom stereocenters. The van der Waals surface area contributed by atoms with Crippen LogP contribution < -0.4 is 10.5 Å². The molecule has 106 valence electrons. The number of nitrogens with two attached hydrogens (primary N) is 1. The van der Waals surface area contributed by atoms with E-state index in [-0.39, 0.29) is 18.2 Å². The number of methoxy groups -OCH3 is 1. The highest BCUT2D eigenvalue weighted by Crippen LogP contribution is 2.31. The third-order valence-corrected chi connectivity index (χ3v) is 3.29. The van der Waals surface area contributed by atoms with Crippen LogP contribution in [-0.2, 0) is 0 Å². The lowest BCUT2D eigenvalue weighted by Crippen LogP contribution is -2.20. The summed E-state index contributed by atoms with van der Waals surface area (Å²) in [6.07, 6.45) is 2.39. The van der Waals surface area contributed by atoms with Crippen LogP contribution in [0.1, 0.15) is 23.1 Å². The van der Waals surface area contributed by atoms with Gasteiger partial charge in [-0.15, -0.1) is 0 Å². The summed E-state index contributed by atoms with van der Waals surface area (Å²) in [5.41, 5.74) is 7.07. The minimum atomic E-state index is -0.886. The van der Waals surface area contributed by atoms with E-state index in [4.69, 9.17) is 10.5 Å². The zero-order chi connectivity index (χ0) is 14.5. The average molecular weight is 276 g/mol. The molecule has 0 aliphatic rings. The van der Waals surface area contributed by atoms with Crippen molar-refractivity contribution in [1.29, 1.82) is 0 Å². The first-order valence-corrected chi connectivity index (χ1v) is 6.29. The van der Waals surface area contributed by atoms with Crippen molar-refractivity contribution >= 4 is 0 Å². The molecule has 0 radical (unpaired) electrons. The molecule has 0 spiro atoms. The molecule has 1 aromatic heterocycles. The normalized spacial score (nSPS) is 13.8. The number of aliphatic hydroxyl groups is 1. The zero-order valence-corrected chi connectivity index (χ0v) is 11.2. The third-order valence-electron chi connectivity index (χ3n) is 3.29. The van der Waals surface area contributed by atoms with Gasteiger partial charge in [0.25, 0.3) is 0 Å². The maximum absolute atomic E-state index is 13.7. The predicted molar refractivity (Wildman–Crippen MR) is 73.9 cm³/mol. The molecule has 5 heteroatoms. The Labute approximate surface area is 117 Å². The van der Waals surface area contributed by atoms with E-state index >= 15 is 0 Å². The van der Waals surface area contributed by atoms with E-state index in [1.165, 1.54) is 19.2 Å². The number of aromatic nitrogens is 1. The third kappa shape index (κ3) is 2.95. The van der Waals surface area contributed by atoms with E-state index in [0.717, 1.165) is 5.56 Å². The molecule has 0 amide bonds. The van der Waals surface area contributed by atoms with Crippen LogP contribution in [-0.4, -0.2) is 23.7 Å². The first-order chi connectivity index (χ1) is 9.67. The molecular formula is C15H17FN2O2. The van der Waals surface area contributed by atoms with E-state index in [2.05, 4.69) is 4.98 Å². The minimum absolute atomic E-state index is 0.147. The van der Waals surface area contributed by atoms with Crippen molar-refractivity contribution in [2.75, 3.05) is 13.7 Å².